The van der Waals surface area contributed by atoms with E-state index in [9.17, 15) is 29.4 Å². The number of amides is 3. The minimum atomic E-state index is -1.22. The zero-order chi connectivity index (χ0) is 28.8. The van der Waals surface area contributed by atoms with Gasteiger partial charge in [0.25, 0.3) is 0 Å². The molecule has 1 aliphatic heterocycles. The van der Waals surface area contributed by atoms with Crippen molar-refractivity contribution in [3.05, 3.63) is 71.9 Å². The van der Waals surface area contributed by atoms with Gasteiger partial charge in [0.05, 0.1) is 6.10 Å². The highest BCUT2D eigenvalue weighted by Gasteiger charge is 2.39. The molecular formula is C29H35N5O6. The summed E-state index contributed by atoms with van der Waals surface area (Å²) in [4.78, 5) is 56.4. The second-order valence-corrected chi connectivity index (χ2v) is 10.2. The predicted molar refractivity (Wildman–Crippen MR) is 148 cm³/mol. The number of aliphatic hydroxyl groups excluding tert-OH is 1. The molecule has 1 aromatic heterocycles. The van der Waals surface area contributed by atoms with Gasteiger partial charge in [0.2, 0.25) is 17.7 Å². The van der Waals surface area contributed by atoms with Crippen molar-refractivity contribution >= 4 is 34.6 Å². The van der Waals surface area contributed by atoms with Crippen LogP contribution < -0.4 is 16.4 Å². The first kappa shape index (κ1) is 28.8. The SMILES string of the molecule is CC(O)C(N)C(=O)N1CCCC1C(=O)NC(Cc1c[nH]c2ccccc12)C(=O)NC(Cc1ccccc1)C(=O)O. The summed E-state index contributed by atoms with van der Waals surface area (Å²) >= 11 is 0. The Labute approximate surface area is 231 Å². The summed E-state index contributed by atoms with van der Waals surface area (Å²) in [6.45, 7) is 1.71. The standard InChI is InChI=1S/C29H35N5O6/c1-17(35)25(30)28(38)34-13-7-12-24(34)27(37)32-22(15-19-16-31-21-11-6-5-10-20(19)21)26(36)33-23(29(39)40)14-18-8-3-2-4-9-18/h2-6,8-11,16-17,22-25,31,35H,7,12-15,30H2,1H3,(H,32,37)(H,33,36)(H,39,40). The van der Waals surface area contributed by atoms with E-state index in [4.69, 9.17) is 5.73 Å². The molecular weight excluding hydrogens is 514 g/mol. The molecule has 2 heterocycles. The Morgan fingerprint density at radius 2 is 1.73 bits per heavy atom. The predicted octanol–water partition coefficient (Wildman–Crippen LogP) is 0.706. The lowest BCUT2D eigenvalue weighted by molar-refractivity contribution is -0.143. The van der Waals surface area contributed by atoms with Gasteiger partial charge in [0.1, 0.15) is 24.2 Å². The van der Waals surface area contributed by atoms with Crippen LogP contribution in [0.1, 0.15) is 30.9 Å². The van der Waals surface area contributed by atoms with Gasteiger partial charge >= 0.3 is 5.97 Å². The second kappa shape index (κ2) is 12.8. The van der Waals surface area contributed by atoms with Crippen molar-refractivity contribution in [2.45, 2.75) is 62.9 Å². The molecule has 0 aliphatic carbocycles. The minimum absolute atomic E-state index is 0.0673. The van der Waals surface area contributed by atoms with Crippen LogP contribution in [-0.4, -0.2) is 80.6 Å². The fourth-order valence-electron chi connectivity index (χ4n) is 5.02. The van der Waals surface area contributed by atoms with Crippen molar-refractivity contribution in [2.24, 2.45) is 5.73 Å². The van der Waals surface area contributed by atoms with E-state index in [-0.39, 0.29) is 12.8 Å². The maximum absolute atomic E-state index is 13.5. The highest BCUT2D eigenvalue weighted by atomic mass is 16.4. The zero-order valence-electron chi connectivity index (χ0n) is 22.2. The van der Waals surface area contributed by atoms with Crippen LogP contribution in [0.3, 0.4) is 0 Å². The summed E-state index contributed by atoms with van der Waals surface area (Å²) in [5, 5.41) is 25.8. The van der Waals surface area contributed by atoms with E-state index in [0.717, 1.165) is 22.0 Å². The molecule has 0 saturated carbocycles. The molecule has 212 valence electrons. The number of benzene rings is 2. The molecule has 11 heteroatoms. The van der Waals surface area contributed by atoms with E-state index < -0.39 is 54.0 Å². The first-order chi connectivity index (χ1) is 19.2. The highest BCUT2D eigenvalue weighted by molar-refractivity contribution is 5.95. The van der Waals surface area contributed by atoms with Crippen molar-refractivity contribution < 1.29 is 29.4 Å². The molecule has 2 aromatic carbocycles. The number of carbonyl (C=O) groups is 4. The van der Waals surface area contributed by atoms with Gasteiger partial charge in [-0.3, -0.25) is 14.4 Å². The van der Waals surface area contributed by atoms with Crippen molar-refractivity contribution in [3.63, 3.8) is 0 Å². The minimum Gasteiger partial charge on any atom is -0.480 e. The smallest absolute Gasteiger partial charge is 0.326 e. The molecule has 0 bridgehead atoms. The first-order valence-corrected chi connectivity index (χ1v) is 13.3. The number of H-pyrrole nitrogens is 1. The number of para-hydroxylation sites is 1. The number of hydrogen-bond acceptors (Lipinski definition) is 6. The summed E-state index contributed by atoms with van der Waals surface area (Å²) in [7, 11) is 0. The van der Waals surface area contributed by atoms with Crippen molar-refractivity contribution in [2.75, 3.05) is 6.54 Å². The lowest BCUT2D eigenvalue weighted by Gasteiger charge is -2.29. The second-order valence-electron chi connectivity index (χ2n) is 10.2. The molecule has 4 rings (SSSR count). The van der Waals surface area contributed by atoms with Gasteiger partial charge < -0.3 is 36.5 Å². The van der Waals surface area contributed by atoms with Gasteiger partial charge in [0.15, 0.2) is 0 Å². The average Bonchev–Trinajstić information content (AvgIpc) is 3.59. The monoisotopic (exact) mass is 549 g/mol. The largest absolute Gasteiger partial charge is 0.480 e. The molecule has 3 aromatic rings. The van der Waals surface area contributed by atoms with Gasteiger partial charge in [-0.05, 0) is 37.0 Å². The summed E-state index contributed by atoms with van der Waals surface area (Å²) in [5.74, 6) is -2.94. The number of rotatable bonds is 11. The third-order valence-electron chi connectivity index (χ3n) is 7.27. The van der Waals surface area contributed by atoms with Crippen molar-refractivity contribution in [3.8, 4) is 0 Å². The molecule has 0 radical (unpaired) electrons. The van der Waals surface area contributed by atoms with Gasteiger partial charge in [-0.2, -0.15) is 0 Å². The van der Waals surface area contributed by atoms with Gasteiger partial charge in [-0.1, -0.05) is 48.5 Å². The van der Waals surface area contributed by atoms with Crippen LogP contribution in [0.25, 0.3) is 10.9 Å². The van der Waals surface area contributed by atoms with E-state index in [0.29, 0.717) is 19.4 Å². The van der Waals surface area contributed by atoms with Crippen LogP contribution in [0.15, 0.2) is 60.8 Å². The van der Waals surface area contributed by atoms with Crippen LogP contribution in [0.2, 0.25) is 0 Å². The Morgan fingerprint density at radius 1 is 1.02 bits per heavy atom. The molecule has 11 nitrogen and oxygen atoms in total. The van der Waals surface area contributed by atoms with Crippen LogP contribution >= 0.6 is 0 Å². The number of aromatic amines is 1. The number of hydrogen-bond donors (Lipinski definition) is 6. The molecule has 5 atom stereocenters. The number of aliphatic hydroxyl groups is 1. The Bertz CT molecular complexity index is 1360. The van der Waals surface area contributed by atoms with E-state index in [1.165, 1.54) is 11.8 Å². The molecule has 5 unspecified atom stereocenters. The summed E-state index contributed by atoms with van der Waals surface area (Å²) < 4.78 is 0. The molecule has 7 N–H and O–H groups in total. The van der Waals surface area contributed by atoms with Crippen LogP contribution in [0, 0.1) is 0 Å². The lowest BCUT2D eigenvalue weighted by atomic mass is 10.0. The number of likely N-dealkylation sites (tertiary alicyclic amines) is 1. The molecule has 1 aliphatic rings. The fraction of sp³-hybridized carbons (Fsp3) is 0.379. The van der Waals surface area contributed by atoms with Crippen molar-refractivity contribution in [1.82, 2.24) is 20.5 Å². The molecule has 0 spiro atoms. The summed E-state index contributed by atoms with van der Waals surface area (Å²) in [6.07, 6.45) is 1.76. The maximum atomic E-state index is 13.5. The molecule has 1 saturated heterocycles. The summed E-state index contributed by atoms with van der Waals surface area (Å²) in [6, 6.07) is 12.1. The number of carboxylic acid groups (broad SMARTS) is 1. The number of nitrogens with zero attached hydrogens (tertiary/aromatic N) is 1. The number of fused-ring (bicyclic) bond motifs is 1. The topological polar surface area (TPSA) is 178 Å². The van der Waals surface area contributed by atoms with Gasteiger partial charge in [0, 0.05) is 36.5 Å². The third kappa shape index (κ3) is 6.67. The van der Waals surface area contributed by atoms with E-state index in [1.807, 2.05) is 30.3 Å². The number of carboxylic acids is 1. The Hall–Kier alpha value is -4.22. The number of nitrogens with two attached hydrogens (primary N) is 1. The third-order valence-corrected chi connectivity index (χ3v) is 7.27. The zero-order valence-corrected chi connectivity index (χ0v) is 22.2. The van der Waals surface area contributed by atoms with E-state index >= 15 is 0 Å². The lowest BCUT2D eigenvalue weighted by Crippen LogP contribution is -2.58. The fourth-order valence-corrected chi connectivity index (χ4v) is 5.02. The maximum Gasteiger partial charge on any atom is 0.326 e. The number of nitrogens with one attached hydrogen (secondary N) is 3. The average molecular weight is 550 g/mol. The van der Waals surface area contributed by atoms with Crippen LogP contribution in [0.5, 0.6) is 0 Å². The summed E-state index contributed by atoms with van der Waals surface area (Å²) in [5.41, 5.74) is 8.20. The molecule has 3 amide bonds. The Kier molecular flexibility index (Phi) is 9.18. The molecule has 1 fully saturated rings. The number of aliphatic carboxylic acids is 1. The normalized spacial score (nSPS) is 18.1. The van der Waals surface area contributed by atoms with Gasteiger partial charge in [-0.25, -0.2) is 4.79 Å². The van der Waals surface area contributed by atoms with Crippen molar-refractivity contribution in [1.29, 1.82) is 0 Å². The quantitative estimate of drug-likeness (QED) is 0.204. The van der Waals surface area contributed by atoms with Crippen LogP contribution in [0.4, 0.5) is 0 Å². The Morgan fingerprint density at radius 3 is 2.42 bits per heavy atom. The van der Waals surface area contributed by atoms with Gasteiger partial charge in [-0.15, -0.1) is 0 Å². The number of carbonyl (C=O) groups excluding carboxylic acids is 3. The number of aromatic nitrogens is 1. The molecule has 40 heavy (non-hydrogen) atoms. The van der Waals surface area contributed by atoms with Crippen LogP contribution in [-0.2, 0) is 32.0 Å². The van der Waals surface area contributed by atoms with E-state index in [1.54, 1.807) is 30.5 Å². The Balaban J connectivity index is 1.56. The first-order valence-electron chi connectivity index (χ1n) is 13.3. The highest BCUT2D eigenvalue weighted by Crippen LogP contribution is 2.22. The van der Waals surface area contributed by atoms with E-state index in [2.05, 4.69) is 15.6 Å².